The first-order valence-corrected chi connectivity index (χ1v) is 9.17. The summed E-state index contributed by atoms with van der Waals surface area (Å²) in [7, 11) is 0. The number of nitrogens with zero attached hydrogens (tertiary/aromatic N) is 4. The molecule has 1 N–H and O–H groups in total. The summed E-state index contributed by atoms with van der Waals surface area (Å²) in [6, 6.07) is 7.49. The van der Waals surface area contributed by atoms with Crippen molar-refractivity contribution in [1.82, 2.24) is 25.2 Å². The molecule has 1 fully saturated rings. The van der Waals surface area contributed by atoms with Crippen molar-refractivity contribution in [2.24, 2.45) is 5.92 Å². The van der Waals surface area contributed by atoms with Gasteiger partial charge in [-0.2, -0.15) is 15.4 Å². The second-order valence-corrected chi connectivity index (χ2v) is 7.29. The lowest BCUT2D eigenvalue weighted by atomic mass is 9.88. The van der Waals surface area contributed by atoms with Crippen molar-refractivity contribution in [1.29, 1.82) is 0 Å². The topological polar surface area (TPSA) is 82.2 Å². The van der Waals surface area contributed by atoms with Gasteiger partial charge >= 0.3 is 0 Å². The average Bonchev–Trinajstić information content (AvgIpc) is 3.12. The lowest BCUT2D eigenvalue weighted by molar-refractivity contribution is -0.148. The molecule has 1 atom stereocenters. The van der Waals surface area contributed by atoms with E-state index in [1.165, 1.54) is 0 Å². The molecule has 4 rings (SSSR count). The molecule has 1 aromatic heterocycles. The van der Waals surface area contributed by atoms with E-state index in [9.17, 15) is 9.59 Å². The number of rotatable bonds is 3. The number of hydrogen-bond acceptors (Lipinski definition) is 4. The van der Waals surface area contributed by atoms with Crippen molar-refractivity contribution in [3.05, 3.63) is 46.2 Å². The fourth-order valence-corrected chi connectivity index (χ4v) is 3.75. The van der Waals surface area contributed by atoms with E-state index in [1.807, 2.05) is 24.3 Å². The van der Waals surface area contributed by atoms with Gasteiger partial charge in [0, 0.05) is 37.0 Å². The van der Waals surface area contributed by atoms with Gasteiger partial charge in [0.2, 0.25) is 11.8 Å². The van der Waals surface area contributed by atoms with Crippen LogP contribution in [0.3, 0.4) is 0 Å². The largest absolute Gasteiger partial charge is 0.335 e. The highest BCUT2D eigenvalue weighted by Gasteiger charge is 2.34. The Hall–Kier alpha value is -2.41. The summed E-state index contributed by atoms with van der Waals surface area (Å²) in [5.74, 6) is -0.0705. The number of benzene rings is 1. The van der Waals surface area contributed by atoms with Gasteiger partial charge in [-0.1, -0.05) is 23.7 Å². The first kappa shape index (κ1) is 17.0. The van der Waals surface area contributed by atoms with E-state index in [2.05, 4.69) is 15.4 Å². The highest BCUT2D eigenvalue weighted by molar-refractivity contribution is 6.30. The fraction of sp³-hybridized carbons (Fsp3) is 0.444. The zero-order valence-electron chi connectivity index (χ0n) is 14.3. The van der Waals surface area contributed by atoms with Crippen LogP contribution >= 0.6 is 11.6 Å². The molecule has 1 saturated heterocycles. The molecule has 1 aromatic carbocycles. The predicted octanol–water partition coefficient (Wildman–Crippen LogP) is 1.43. The zero-order valence-corrected chi connectivity index (χ0v) is 15.1. The van der Waals surface area contributed by atoms with Crippen LogP contribution in [0.15, 0.2) is 24.3 Å². The Balaban J connectivity index is 1.35. The number of halogens is 1. The number of piperazine rings is 1. The van der Waals surface area contributed by atoms with Gasteiger partial charge in [0.25, 0.3) is 0 Å². The number of amides is 2. The number of carbonyl (C=O) groups is 2. The molecule has 2 heterocycles. The summed E-state index contributed by atoms with van der Waals surface area (Å²) in [6.45, 7) is 1.81. The summed E-state index contributed by atoms with van der Waals surface area (Å²) in [5, 5.41) is 11.5. The standard InChI is InChI=1S/C18H20ClN5O2/c19-14-4-1-12(2-5-14)10-23-7-8-24(11-17(23)25)18(26)13-3-6-15-16(9-13)21-22-20-15/h1-2,4-5,13H,3,6-11H2,(H,20,21,22). The maximum Gasteiger partial charge on any atom is 0.242 e. The molecule has 1 aliphatic heterocycles. The number of aryl methyl sites for hydroxylation is 1. The van der Waals surface area contributed by atoms with Gasteiger partial charge in [0.1, 0.15) is 0 Å². The van der Waals surface area contributed by atoms with Gasteiger partial charge in [-0.05, 0) is 30.5 Å². The number of fused-ring (bicyclic) bond motifs is 1. The fourth-order valence-electron chi connectivity index (χ4n) is 3.63. The second kappa shape index (κ2) is 7.07. The number of carbonyl (C=O) groups excluding carboxylic acids is 2. The summed E-state index contributed by atoms with van der Waals surface area (Å²) in [4.78, 5) is 28.8. The summed E-state index contributed by atoms with van der Waals surface area (Å²) >= 11 is 5.90. The molecule has 1 aliphatic carbocycles. The van der Waals surface area contributed by atoms with Crippen molar-refractivity contribution in [3.8, 4) is 0 Å². The maximum absolute atomic E-state index is 12.8. The predicted molar refractivity (Wildman–Crippen MR) is 95.3 cm³/mol. The van der Waals surface area contributed by atoms with Crippen LogP contribution in [-0.4, -0.2) is 56.7 Å². The lowest BCUT2D eigenvalue weighted by Gasteiger charge is -2.36. The normalized spacial score (nSPS) is 20.2. The van der Waals surface area contributed by atoms with Gasteiger partial charge < -0.3 is 9.80 Å². The third-order valence-electron chi connectivity index (χ3n) is 5.14. The van der Waals surface area contributed by atoms with Gasteiger partial charge in [0.15, 0.2) is 0 Å². The molecule has 2 aromatic rings. The van der Waals surface area contributed by atoms with Gasteiger partial charge in [0.05, 0.1) is 17.9 Å². The number of aromatic nitrogens is 3. The molecule has 7 nitrogen and oxygen atoms in total. The van der Waals surface area contributed by atoms with E-state index >= 15 is 0 Å². The minimum Gasteiger partial charge on any atom is -0.335 e. The molecule has 2 amide bonds. The zero-order chi connectivity index (χ0) is 18.1. The minimum atomic E-state index is -0.108. The van der Waals surface area contributed by atoms with Crippen LogP contribution in [-0.2, 0) is 29.0 Å². The van der Waals surface area contributed by atoms with Crippen molar-refractivity contribution in [3.63, 3.8) is 0 Å². The smallest absolute Gasteiger partial charge is 0.242 e. The Morgan fingerprint density at radius 3 is 2.73 bits per heavy atom. The third-order valence-corrected chi connectivity index (χ3v) is 5.39. The molecule has 8 heteroatoms. The van der Waals surface area contributed by atoms with Crippen LogP contribution in [0.2, 0.25) is 5.02 Å². The molecular formula is C18H20ClN5O2. The lowest BCUT2D eigenvalue weighted by Crippen LogP contribution is -2.53. The Bertz CT molecular complexity index is 819. The summed E-state index contributed by atoms with van der Waals surface area (Å²) < 4.78 is 0. The Morgan fingerprint density at radius 1 is 1.19 bits per heavy atom. The number of nitrogens with one attached hydrogen (secondary N) is 1. The quantitative estimate of drug-likeness (QED) is 0.882. The van der Waals surface area contributed by atoms with Crippen LogP contribution in [0.4, 0.5) is 0 Å². The van der Waals surface area contributed by atoms with E-state index in [4.69, 9.17) is 11.6 Å². The van der Waals surface area contributed by atoms with Crippen LogP contribution in [0.25, 0.3) is 0 Å². The van der Waals surface area contributed by atoms with E-state index in [0.29, 0.717) is 31.1 Å². The Labute approximate surface area is 156 Å². The van der Waals surface area contributed by atoms with E-state index in [-0.39, 0.29) is 24.3 Å². The molecule has 26 heavy (non-hydrogen) atoms. The van der Waals surface area contributed by atoms with Crippen molar-refractivity contribution >= 4 is 23.4 Å². The highest BCUT2D eigenvalue weighted by atomic mass is 35.5. The molecule has 136 valence electrons. The molecule has 0 saturated carbocycles. The summed E-state index contributed by atoms with van der Waals surface area (Å²) in [6.07, 6.45) is 2.12. The van der Waals surface area contributed by atoms with Gasteiger partial charge in [-0.25, -0.2) is 0 Å². The summed E-state index contributed by atoms with van der Waals surface area (Å²) in [5.41, 5.74) is 2.87. The number of aromatic amines is 1. The molecule has 0 radical (unpaired) electrons. The van der Waals surface area contributed by atoms with Crippen LogP contribution in [0, 0.1) is 5.92 Å². The molecule has 2 aliphatic rings. The molecular weight excluding hydrogens is 354 g/mol. The maximum atomic E-state index is 12.8. The van der Waals surface area contributed by atoms with E-state index in [1.54, 1.807) is 9.80 Å². The van der Waals surface area contributed by atoms with Crippen molar-refractivity contribution in [2.75, 3.05) is 19.6 Å². The van der Waals surface area contributed by atoms with Crippen LogP contribution in [0.5, 0.6) is 0 Å². The SMILES string of the molecule is O=C1CN(C(=O)C2CCc3n[nH]nc3C2)CCN1Cc1ccc(Cl)cc1. The van der Waals surface area contributed by atoms with Gasteiger partial charge in [-0.15, -0.1) is 0 Å². The first-order valence-electron chi connectivity index (χ1n) is 8.79. The van der Waals surface area contributed by atoms with Crippen LogP contribution < -0.4 is 0 Å². The molecule has 0 bridgehead atoms. The first-order chi connectivity index (χ1) is 12.6. The number of hydrogen-bond donors (Lipinski definition) is 1. The van der Waals surface area contributed by atoms with Crippen molar-refractivity contribution in [2.45, 2.75) is 25.8 Å². The van der Waals surface area contributed by atoms with Crippen molar-refractivity contribution < 1.29 is 9.59 Å². The molecule has 1 unspecified atom stereocenters. The van der Waals surface area contributed by atoms with E-state index in [0.717, 1.165) is 29.8 Å². The monoisotopic (exact) mass is 373 g/mol. The average molecular weight is 374 g/mol. The minimum absolute atomic E-state index is 0.0162. The van der Waals surface area contributed by atoms with E-state index < -0.39 is 0 Å². The van der Waals surface area contributed by atoms with Crippen LogP contribution in [0.1, 0.15) is 23.4 Å². The second-order valence-electron chi connectivity index (χ2n) is 6.86. The Morgan fingerprint density at radius 2 is 1.96 bits per heavy atom. The third kappa shape index (κ3) is 3.44. The highest BCUT2D eigenvalue weighted by Crippen LogP contribution is 2.24. The molecule has 0 spiro atoms. The van der Waals surface area contributed by atoms with Gasteiger partial charge in [-0.3, -0.25) is 9.59 Å². The Kier molecular flexibility index (Phi) is 4.63. The number of H-pyrrole nitrogens is 1.